The van der Waals surface area contributed by atoms with Crippen LogP contribution in [0.2, 0.25) is 0 Å². The molecule has 1 saturated heterocycles. The fourth-order valence-electron chi connectivity index (χ4n) is 2.84. The van der Waals surface area contributed by atoms with Crippen LogP contribution < -0.4 is 5.32 Å². The van der Waals surface area contributed by atoms with Gasteiger partial charge in [0.05, 0.1) is 11.8 Å². The Morgan fingerprint density at radius 3 is 2.68 bits per heavy atom. The van der Waals surface area contributed by atoms with Crippen LogP contribution in [0, 0.1) is 5.92 Å². The summed E-state index contributed by atoms with van der Waals surface area (Å²) >= 11 is 0. The second-order valence-corrected chi connectivity index (χ2v) is 6.17. The SMILES string of the molecule is O=C(NCC1CCN(C(=O)OCc2ccccc2)CC1)c1cn[nH]c1. The van der Waals surface area contributed by atoms with Gasteiger partial charge in [-0.05, 0) is 24.3 Å². The van der Waals surface area contributed by atoms with E-state index in [2.05, 4.69) is 15.5 Å². The largest absolute Gasteiger partial charge is 0.445 e. The number of rotatable bonds is 5. The molecule has 1 aliphatic heterocycles. The maximum atomic E-state index is 12.1. The Morgan fingerprint density at radius 1 is 1.24 bits per heavy atom. The van der Waals surface area contributed by atoms with Crippen molar-refractivity contribution in [2.24, 2.45) is 5.92 Å². The van der Waals surface area contributed by atoms with Gasteiger partial charge in [0, 0.05) is 25.8 Å². The van der Waals surface area contributed by atoms with Crippen molar-refractivity contribution in [3.8, 4) is 0 Å². The lowest BCUT2D eigenvalue weighted by molar-refractivity contribution is 0.0801. The van der Waals surface area contributed by atoms with Crippen LogP contribution in [0.4, 0.5) is 4.79 Å². The monoisotopic (exact) mass is 342 g/mol. The summed E-state index contributed by atoms with van der Waals surface area (Å²) in [6.45, 7) is 2.21. The summed E-state index contributed by atoms with van der Waals surface area (Å²) in [5.74, 6) is 0.243. The van der Waals surface area contributed by atoms with Gasteiger partial charge in [-0.1, -0.05) is 30.3 Å². The Balaban J connectivity index is 1.36. The summed E-state index contributed by atoms with van der Waals surface area (Å²) in [6.07, 6.45) is 4.50. The van der Waals surface area contributed by atoms with E-state index in [-0.39, 0.29) is 12.0 Å². The number of nitrogens with zero attached hydrogens (tertiary/aromatic N) is 2. The maximum absolute atomic E-state index is 12.1. The molecule has 0 spiro atoms. The van der Waals surface area contributed by atoms with Crippen molar-refractivity contribution < 1.29 is 14.3 Å². The van der Waals surface area contributed by atoms with Crippen molar-refractivity contribution in [1.82, 2.24) is 20.4 Å². The van der Waals surface area contributed by atoms with Crippen molar-refractivity contribution in [3.63, 3.8) is 0 Å². The Bertz CT molecular complexity index is 680. The van der Waals surface area contributed by atoms with E-state index in [0.29, 0.717) is 37.7 Å². The molecule has 1 fully saturated rings. The number of hydrogen-bond donors (Lipinski definition) is 2. The highest BCUT2D eigenvalue weighted by atomic mass is 16.6. The highest BCUT2D eigenvalue weighted by Gasteiger charge is 2.24. The lowest BCUT2D eigenvalue weighted by atomic mass is 9.97. The molecule has 1 aromatic carbocycles. The topological polar surface area (TPSA) is 87.3 Å². The zero-order valence-corrected chi connectivity index (χ0v) is 14.0. The number of carbonyl (C=O) groups is 2. The van der Waals surface area contributed by atoms with E-state index in [9.17, 15) is 9.59 Å². The summed E-state index contributed by atoms with van der Waals surface area (Å²) in [5.41, 5.74) is 1.51. The van der Waals surface area contributed by atoms with Crippen LogP contribution in [-0.4, -0.2) is 46.7 Å². The lowest BCUT2D eigenvalue weighted by Gasteiger charge is -2.31. The number of ether oxygens (including phenoxy) is 1. The Kier molecular flexibility index (Phi) is 5.66. The standard InChI is InChI=1S/C18H22N4O3/c23-17(16-11-20-21-12-16)19-10-14-6-8-22(9-7-14)18(24)25-13-15-4-2-1-3-5-15/h1-5,11-12,14H,6-10,13H2,(H,19,23)(H,20,21). The third-order valence-electron chi connectivity index (χ3n) is 4.39. The molecule has 7 heteroatoms. The minimum atomic E-state index is -0.273. The minimum Gasteiger partial charge on any atom is -0.445 e. The van der Waals surface area contributed by atoms with Crippen molar-refractivity contribution in [2.45, 2.75) is 19.4 Å². The number of aromatic nitrogens is 2. The van der Waals surface area contributed by atoms with E-state index < -0.39 is 0 Å². The smallest absolute Gasteiger partial charge is 0.410 e. The molecule has 7 nitrogen and oxygen atoms in total. The number of benzene rings is 1. The third-order valence-corrected chi connectivity index (χ3v) is 4.39. The molecule has 132 valence electrons. The van der Waals surface area contributed by atoms with Crippen LogP contribution in [0.3, 0.4) is 0 Å². The zero-order valence-electron chi connectivity index (χ0n) is 14.0. The molecular weight excluding hydrogens is 320 g/mol. The Morgan fingerprint density at radius 2 is 2.00 bits per heavy atom. The molecule has 0 saturated carbocycles. The van der Waals surface area contributed by atoms with Gasteiger partial charge in [-0.3, -0.25) is 9.89 Å². The second-order valence-electron chi connectivity index (χ2n) is 6.17. The zero-order chi connectivity index (χ0) is 17.5. The lowest BCUT2D eigenvalue weighted by Crippen LogP contribution is -2.41. The molecule has 2 heterocycles. The first-order valence-corrected chi connectivity index (χ1v) is 8.45. The van der Waals surface area contributed by atoms with Crippen LogP contribution in [0.5, 0.6) is 0 Å². The maximum Gasteiger partial charge on any atom is 0.410 e. The molecule has 2 amide bonds. The van der Waals surface area contributed by atoms with Crippen LogP contribution in [0.1, 0.15) is 28.8 Å². The van der Waals surface area contributed by atoms with E-state index in [1.807, 2.05) is 30.3 Å². The van der Waals surface area contributed by atoms with Crippen molar-refractivity contribution in [2.75, 3.05) is 19.6 Å². The molecule has 3 rings (SSSR count). The molecule has 0 atom stereocenters. The number of hydrogen-bond acceptors (Lipinski definition) is 4. The average Bonchev–Trinajstić information content (AvgIpc) is 3.20. The fourth-order valence-corrected chi connectivity index (χ4v) is 2.84. The minimum absolute atomic E-state index is 0.126. The summed E-state index contributed by atoms with van der Waals surface area (Å²) in [7, 11) is 0. The van der Waals surface area contributed by atoms with Crippen molar-refractivity contribution >= 4 is 12.0 Å². The molecule has 0 bridgehead atoms. The van der Waals surface area contributed by atoms with E-state index in [4.69, 9.17) is 4.74 Å². The fraction of sp³-hybridized carbons (Fsp3) is 0.389. The van der Waals surface area contributed by atoms with Gasteiger partial charge in [-0.2, -0.15) is 5.10 Å². The first-order chi connectivity index (χ1) is 12.2. The van der Waals surface area contributed by atoms with Gasteiger partial charge < -0.3 is 15.0 Å². The normalized spacial score (nSPS) is 15.0. The molecule has 2 N–H and O–H groups in total. The Labute approximate surface area is 146 Å². The van der Waals surface area contributed by atoms with E-state index >= 15 is 0 Å². The highest BCUT2D eigenvalue weighted by molar-refractivity contribution is 5.93. The Hall–Kier alpha value is -2.83. The van der Waals surface area contributed by atoms with Crippen molar-refractivity contribution in [3.05, 3.63) is 53.9 Å². The van der Waals surface area contributed by atoms with E-state index in [1.165, 1.54) is 6.20 Å². The number of likely N-dealkylation sites (tertiary alicyclic amines) is 1. The number of aromatic amines is 1. The predicted molar refractivity (Wildman–Crippen MR) is 91.8 cm³/mol. The van der Waals surface area contributed by atoms with Crippen molar-refractivity contribution in [1.29, 1.82) is 0 Å². The van der Waals surface area contributed by atoms with Crippen LogP contribution in [0.25, 0.3) is 0 Å². The van der Waals surface area contributed by atoms with E-state index in [0.717, 1.165) is 18.4 Å². The molecule has 1 aromatic heterocycles. The first-order valence-electron chi connectivity index (χ1n) is 8.45. The second kappa shape index (κ2) is 8.32. The molecular formula is C18H22N4O3. The van der Waals surface area contributed by atoms with Gasteiger partial charge in [0.15, 0.2) is 0 Å². The quantitative estimate of drug-likeness (QED) is 0.872. The summed E-state index contributed by atoms with van der Waals surface area (Å²) < 4.78 is 5.36. The predicted octanol–water partition coefficient (Wildman–Crippen LogP) is 2.19. The summed E-state index contributed by atoms with van der Waals surface area (Å²) in [5, 5.41) is 9.30. The first kappa shape index (κ1) is 17.0. The van der Waals surface area contributed by atoms with Crippen LogP contribution in [-0.2, 0) is 11.3 Å². The summed E-state index contributed by atoms with van der Waals surface area (Å²) in [4.78, 5) is 25.7. The number of piperidine rings is 1. The molecule has 2 aromatic rings. The number of nitrogens with one attached hydrogen (secondary N) is 2. The van der Waals surface area contributed by atoms with Crippen LogP contribution >= 0.6 is 0 Å². The molecule has 0 radical (unpaired) electrons. The van der Waals surface area contributed by atoms with Gasteiger partial charge in [-0.15, -0.1) is 0 Å². The summed E-state index contributed by atoms with van der Waals surface area (Å²) in [6, 6.07) is 9.64. The van der Waals surface area contributed by atoms with Gasteiger partial charge in [0.2, 0.25) is 0 Å². The average molecular weight is 342 g/mol. The molecule has 1 aliphatic rings. The molecule has 0 aliphatic carbocycles. The van der Waals surface area contributed by atoms with Gasteiger partial charge in [-0.25, -0.2) is 4.79 Å². The number of amides is 2. The molecule has 25 heavy (non-hydrogen) atoms. The highest BCUT2D eigenvalue weighted by Crippen LogP contribution is 2.17. The van der Waals surface area contributed by atoms with Gasteiger partial charge in [0.25, 0.3) is 5.91 Å². The van der Waals surface area contributed by atoms with Gasteiger partial charge >= 0.3 is 6.09 Å². The number of H-pyrrole nitrogens is 1. The molecule has 0 unspecified atom stereocenters. The van der Waals surface area contributed by atoms with Gasteiger partial charge in [0.1, 0.15) is 6.61 Å². The van der Waals surface area contributed by atoms with E-state index in [1.54, 1.807) is 11.1 Å². The third kappa shape index (κ3) is 4.82. The number of carbonyl (C=O) groups excluding carboxylic acids is 2. The van der Waals surface area contributed by atoms with Crippen LogP contribution in [0.15, 0.2) is 42.7 Å².